The molecule has 0 saturated heterocycles. The van der Waals surface area contributed by atoms with Crippen LogP contribution in [-0.2, 0) is 9.53 Å². The Hall–Kier alpha value is -3.28. The standard InChI is InChI=1S/C20H22N2O4/c1-14(2)13-26-18-6-4-5-17(11-18)22-19(23)12-21-16-9-7-15(8-10-16)20(24)25-3/h4-11,21H,1,12-13H2,2-3H3,(H,22,23). The van der Waals surface area contributed by atoms with Gasteiger partial charge in [-0.1, -0.05) is 12.6 Å². The van der Waals surface area contributed by atoms with Crippen LogP contribution in [0.15, 0.2) is 60.7 Å². The quantitative estimate of drug-likeness (QED) is 0.561. The molecule has 0 atom stereocenters. The second-order valence-electron chi connectivity index (χ2n) is 5.74. The third kappa shape index (κ3) is 5.98. The molecule has 0 unspecified atom stereocenters. The number of amides is 1. The van der Waals surface area contributed by atoms with E-state index in [1.165, 1.54) is 7.11 Å². The molecule has 0 fully saturated rings. The maximum atomic E-state index is 12.1. The molecular weight excluding hydrogens is 332 g/mol. The number of hydrogen-bond acceptors (Lipinski definition) is 5. The molecule has 2 aromatic rings. The lowest BCUT2D eigenvalue weighted by atomic mass is 10.2. The Balaban J connectivity index is 1.86. The molecule has 0 heterocycles. The maximum absolute atomic E-state index is 12.1. The number of hydrogen-bond donors (Lipinski definition) is 2. The Morgan fingerprint density at radius 3 is 2.46 bits per heavy atom. The molecule has 6 heteroatoms. The molecule has 2 aromatic carbocycles. The Labute approximate surface area is 152 Å². The van der Waals surface area contributed by atoms with Crippen LogP contribution in [0.2, 0.25) is 0 Å². The van der Waals surface area contributed by atoms with E-state index in [2.05, 4.69) is 21.9 Å². The van der Waals surface area contributed by atoms with Gasteiger partial charge in [0, 0.05) is 17.4 Å². The van der Waals surface area contributed by atoms with E-state index in [4.69, 9.17) is 4.74 Å². The van der Waals surface area contributed by atoms with Crippen molar-refractivity contribution in [1.29, 1.82) is 0 Å². The summed E-state index contributed by atoms with van der Waals surface area (Å²) in [7, 11) is 1.33. The van der Waals surface area contributed by atoms with Crippen molar-refractivity contribution in [2.24, 2.45) is 0 Å². The first-order valence-corrected chi connectivity index (χ1v) is 8.07. The highest BCUT2D eigenvalue weighted by atomic mass is 16.5. The lowest BCUT2D eigenvalue weighted by molar-refractivity contribution is -0.114. The first-order valence-electron chi connectivity index (χ1n) is 8.07. The minimum Gasteiger partial charge on any atom is -0.489 e. The zero-order valence-electron chi connectivity index (χ0n) is 14.9. The third-order valence-electron chi connectivity index (χ3n) is 3.36. The maximum Gasteiger partial charge on any atom is 0.337 e. The van der Waals surface area contributed by atoms with Crippen molar-refractivity contribution in [3.8, 4) is 5.75 Å². The lowest BCUT2D eigenvalue weighted by Gasteiger charge is -2.10. The van der Waals surface area contributed by atoms with Crippen LogP contribution in [0, 0.1) is 0 Å². The highest BCUT2D eigenvalue weighted by molar-refractivity contribution is 5.94. The Morgan fingerprint density at radius 2 is 1.81 bits per heavy atom. The molecule has 0 aliphatic heterocycles. The summed E-state index contributed by atoms with van der Waals surface area (Å²) in [5.74, 6) is 0.0688. The summed E-state index contributed by atoms with van der Waals surface area (Å²) in [6, 6.07) is 13.9. The largest absolute Gasteiger partial charge is 0.489 e. The van der Waals surface area contributed by atoms with Crippen LogP contribution in [0.3, 0.4) is 0 Å². The van der Waals surface area contributed by atoms with Crippen molar-refractivity contribution < 1.29 is 19.1 Å². The van der Waals surface area contributed by atoms with E-state index in [-0.39, 0.29) is 12.5 Å². The molecule has 2 N–H and O–H groups in total. The molecular formula is C20H22N2O4. The van der Waals surface area contributed by atoms with Crippen molar-refractivity contribution in [2.45, 2.75) is 6.92 Å². The molecule has 26 heavy (non-hydrogen) atoms. The van der Waals surface area contributed by atoms with Crippen LogP contribution in [-0.4, -0.2) is 32.1 Å². The molecule has 0 bridgehead atoms. The number of ether oxygens (including phenoxy) is 2. The van der Waals surface area contributed by atoms with Gasteiger partial charge in [0.15, 0.2) is 0 Å². The van der Waals surface area contributed by atoms with Gasteiger partial charge >= 0.3 is 5.97 Å². The smallest absolute Gasteiger partial charge is 0.337 e. The summed E-state index contributed by atoms with van der Waals surface area (Å²) in [5, 5.41) is 5.80. The van der Waals surface area contributed by atoms with Crippen LogP contribution in [0.4, 0.5) is 11.4 Å². The summed E-state index contributed by atoms with van der Waals surface area (Å²) < 4.78 is 10.2. The SMILES string of the molecule is C=C(C)COc1cccc(NC(=O)CNc2ccc(C(=O)OC)cc2)c1. The normalized spacial score (nSPS) is 9.92. The van der Waals surface area contributed by atoms with Crippen molar-refractivity contribution >= 4 is 23.3 Å². The first kappa shape index (κ1) is 19.1. The number of carbonyl (C=O) groups excluding carboxylic acids is 2. The monoisotopic (exact) mass is 354 g/mol. The van der Waals surface area contributed by atoms with Gasteiger partial charge in [-0.25, -0.2) is 4.79 Å². The third-order valence-corrected chi connectivity index (χ3v) is 3.36. The molecule has 0 aromatic heterocycles. The molecule has 136 valence electrons. The van der Waals surface area contributed by atoms with Crippen molar-refractivity contribution in [3.63, 3.8) is 0 Å². The van der Waals surface area contributed by atoms with E-state index in [0.29, 0.717) is 23.6 Å². The summed E-state index contributed by atoms with van der Waals surface area (Å²) in [6.45, 7) is 6.19. The van der Waals surface area contributed by atoms with Gasteiger partial charge in [-0.05, 0) is 48.9 Å². The predicted molar refractivity (Wildman–Crippen MR) is 102 cm³/mol. The minimum atomic E-state index is -0.400. The van der Waals surface area contributed by atoms with Crippen LogP contribution in [0.1, 0.15) is 17.3 Å². The van der Waals surface area contributed by atoms with Crippen molar-refractivity contribution in [2.75, 3.05) is 30.9 Å². The van der Waals surface area contributed by atoms with Gasteiger partial charge in [-0.2, -0.15) is 0 Å². The number of benzene rings is 2. The fourth-order valence-electron chi connectivity index (χ4n) is 2.10. The highest BCUT2D eigenvalue weighted by Gasteiger charge is 2.06. The van der Waals surface area contributed by atoms with Gasteiger partial charge in [0.1, 0.15) is 12.4 Å². The number of esters is 1. The van der Waals surface area contributed by atoms with Gasteiger partial charge in [-0.3, -0.25) is 4.79 Å². The summed E-state index contributed by atoms with van der Waals surface area (Å²) in [4.78, 5) is 23.5. The fourth-order valence-corrected chi connectivity index (χ4v) is 2.10. The fraction of sp³-hybridized carbons (Fsp3) is 0.200. The van der Waals surface area contributed by atoms with E-state index >= 15 is 0 Å². The molecule has 6 nitrogen and oxygen atoms in total. The van der Waals surface area contributed by atoms with Crippen molar-refractivity contribution in [3.05, 3.63) is 66.2 Å². The number of rotatable bonds is 8. The Kier molecular flexibility index (Phi) is 6.79. The van der Waals surface area contributed by atoms with E-state index in [1.54, 1.807) is 36.4 Å². The molecule has 0 aliphatic carbocycles. The van der Waals surface area contributed by atoms with Gasteiger partial charge in [-0.15, -0.1) is 0 Å². The van der Waals surface area contributed by atoms with E-state index < -0.39 is 5.97 Å². The molecule has 0 saturated carbocycles. The van der Waals surface area contributed by atoms with Gasteiger partial charge < -0.3 is 20.1 Å². The number of methoxy groups -OCH3 is 1. The first-order chi connectivity index (χ1) is 12.5. The van der Waals surface area contributed by atoms with Crippen LogP contribution in [0.5, 0.6) is 5.75 Å². The average Bonchev–Trinajstić information content (AvgIpc) is 2.65. The molecule has 0 aliphatic rings. The zero-order chi connectivity index (χ0) is 18.9. The highest BCUT2D eigenvalue weighted by Crippen LogP contribution is 2.18. The second kappa shape index (κ2) is 9.27. The van der Waals surface area contributed by atoms with Crippen LogP contribution >= 0.6 is 0 Å². The van der Waals surface area contributed by atoms with Crippen LogP contribution < -0.4 is 15.4 Å². The average molecular weight is 354 g/mol. The predicted octanol–water partition coefficient (Wildman–Crippen LogP) is 3.48. The number of carbonyl (C=O) groups is 2. The van der Waals surface area contributed by atoms with E-state index in [9.17, 15) is 9.59 Å². The summed E-state index contributed by atoms with van der Waals surface area (Å²) in [6.07, 6.45) is 0. The zero-order valence-corrected chi connectivity index (χ0v) is 14.9. The van der Waals surface area contributed by atoms with Gasteiger partial charge in [0.2, 0.25) is 5.91 Å². The second-order valence-corrected chi connectivity index (χ2v) is 5.74. The topological polar surface area (TPSA) is 76.7 Å². The molecule has 0 radical (unpaired) electrons. The minimum absolute atomic E-state index is 0.0917. The summed E-state index contributed by atoms with van der Waals surface area (Å²) >= 11 is 0. The van der Waals surface area contributed by atoms with Gasteiger partial charge in [0.05, 0.1) is 19.2 Å². The van der Waals surface area contributed by atoms with Gasteiger partial charge in [0.25, 0.3) is 0 Å². The number of anilines is 2. The summed E-state index contributed by atoms with van der Waals surface area (Å²) in [5.41, 5.74) is 2.75. The lowest BCUT2D eigenvalue weighted by Crippen LogP contribution is -2.21. The number of nitrogens with one attached hydrogen (secondary N) is 2. The van der Waals surface area contributed by atoms with Crippen LogP contribution in [0.25, 0.3) is 0 Å². The molecule has 2 rings (SSSR count). The van der Waals surface area contributed by atoms with E-state index in [1.807, 2.05) is 19.1 Å². The van der Waals surface area contributed by atoms with Crippen molar-refractivity contribution in [1.82, 2.24) is 0 Å². The Bertz CT molecular complexity index is 785. The van der Waals surface area contributed by atoms with E-state index in [0.717, 1.165) is 11.3 Å². The Morgan fingerprint density at radius 1 is 1.08 bits per heavy atom. The molecule has 1 amide bonds. The molecule has 0 spiro atoms.